The number of hydrogen-bond donors (Lipinski definition) is 1. The van der Waals surface area contributed by atoms with Crippen LogP contribution < -0.4 is 10.1 Å². The Hall–Kier alpha value is -1.81. The van der Waals surface area contributed by atoms with Gasteiger partial charge in [-0.15, -0.1) is 0 Å². The topological polar surface area (TPSA) is 39.1 Å². The van der Waals surface area contributed by atoms with Gasteiger partial charge in [-0.25, -0.2) is 0 Å². The van der Waals surface area contributed by atoms with Gasteiger partial charge in [0.05, 0.1) is 19.3 Å². The van der Waals surface area contributed by atoms with E-state index in [0.29, 0.717) is 5.92 Å². The lowest BCUT2D eigenvalue weighted by Crippen LogP contribution is -2.21. The van der Waals surface area contributed by atoms with Crippen LogP contribution in [0.4, 0.5) is 0 Å². The molecule has 0 fully saturated rings. The maximum atomic E-state index is 5.31. The number of methoxy groups -OCH3 is 1. The zero-order chi connectivity index (χ0) is 15.2. The monoisotopic (exact) mass is 287 g/mol. The second-order valence-electron chi connectivity index (χ2n) is 5.79. The predicted octanol–water partition coefficient (Wildman–Crippen LogP) is 2.99. The first kappa shape index (κ1) is 15.6. The summed E-state index contributed by atoms with van der Waals surface area (Å²) >= 11 is 0. The first-order valence-electron chi connectivity index (χ1n) is 7.44. The molecule has 0 aliphatic rings. The van der Waals surface area contributed by atoms with Crippen molar-refractivity contribution in [2.24, 2.45) is 5.92 Å². The summed E-state index contributed by atoms with van der Waals surface area (Å²) < 4.78 is 7.55. The first-order chi connectivity index (χ1) is 10.1. The second-order valence-corrected chi connectivity index (χ2v) is 5.79. The smallest absolute Gasteiger partial charge is 0.122 e. The summed E-state index contributed by atoms with van der Waals surface area (Å²) in [5.41, 5.74) is 3.28. The molecule has 0 aromatic carbocycles. The number of pyridine rings is 1. The highest BCUT2D eigenvalue weighted by Gasteiger charge is 2.05. The molecule has 2 rings (SSSR count). The fourth-order valence-electron chi connectivity index (χ4n) is 2.33. The van der Waals surface area contributed by atoms with Gasteiger partial charge in [-0.1, -0.05) is 13.8 Å². The van der Waals surface area contributed by atoms with E-state index in [2.05, 4.69) is 47.0 Å². The van der Waals surface area contributed by atoms with Crippen LogP contribution in [0.3, 0.4) is 0 Å². The number of aryl methyl sites for hydroxylation is 1. The molecule has 2 heterocycles. The predicted molar refractivity (Wildman–Crippen MR) is 85.6 cm³/mol. The van der Waals surface area contributed by atoms with E-state index in [0.717, 1.165) is 36.8 Å². The fourth-order valence-corrected chi connectivity index (χ4v) is 2.33. The van der Waals surface area contributed by atoms with Gasteiger partial charge >= 0.3 is 0 Å². The van der Waals surface area contributed by atoms with Crippen molar-refractivity contribution in [2.45, 2.75) is 33.9 Å². The first-order valence-corrected chi connectivity index (χ1v) is 7.44. The van der Waals surface area contributed by atoms with Gasteiger partial charge < -0.3 is 14.6 Å². The van der Waals surface area contributed by atoms with E-state index in [-0.39, 0.29) is 0 Å². The van der Waals surface area contributed by atoms with Crippen LogP contribution >= 0.6 is 0 Å². The molecular formula is C17H25N3O. The Labute approximate surface area is 127 Å². The van der Waals surface area contributed by atoms with E-state index in [9.17, 15) is 0 Å². The highest BCUT2D eigenvalue weighted by Crippen LogP contribution is 2.15. The van der Waals surface area contributed by atoms with E-state index in [4.69, 9.17) is 4.74 Å². The molecule has 0 aliphatic heterocycles. The summed E-state index contributed by atoms with van der Waals surface area (Å²) in [5, 5.41) is 3.48. The van der Waals surface area contributed by atoms with E-state index >= 15 is 0 Å². The van der Waals surface area contributed by atoms with E-state index in [1.807, 2.05) is 19.1 Å². The summed E-state index contributed by atoms with van der Waals surface area (Å²) in [6, 6.07) is 8.18. The molecule has 0 amide bonds. The second kappa shape index (κ2) is 7.27. The minimum absolute atomic E-state index is 0.663. The molecule has 1 N–H and O–H groups in total. The van der Waals surface area contributed by atoms with Crippen LogP contribution in [0.25, 0.3) is 0 Å². The maximum Gasteiger partial charge on any atom is 0.122 e. The molecule has 0 atom stereocenters. The average Bonchev–Trinajstić information content (AvgIpc) is 2.85. The highest BCUT2D eigenvalue weighted by molar-refractivity contribution is 5.27. The normalized spacial score (nSPS) is 11.1. The summed E-state index contributed by atoms with van der Waals surface area (Å²) in [7, 11) is 1.69. The molecule has 114 valence electrons. The molecule has 0 aliphatic carbocycles. The minimum Gasteiger partial charge on any atom is -0.497 e. The van der Waals surface area contributed by atoms with Crippen LogP contribution in [-0.2, 0) is 13.1 Å². The van der Waals surface area contributed by atoms with Crippen molar-refractivity contribution in [2.75, 3.05) is 13.7 Å². The van der Waals surface area contributed by atoms with Crippen LogP contribution in [0.15, 0.2) is 30.5 Å². The van der Waals surface area contributed by atoms with Crippen LogP contribution in [0.5, 0.6) is 5.75 Å². The van der Waals surface area contributed by atoms with Crippen LogP contribution in [0.1, 0.15) is 30.9 Å². The van der Waals surface area contributed by atoms with Gasteiger partial charge in [0, 0.05) is 36.3 Å². The molecule has 0 saturated carbocycles. The molecule has 0 bridgehead atoms. The molecule has 2 aromatic heterocycles. The third-order valence-electron chi connectivity index (χ3n) is 3.33. The third-order valence-corrected chi connectivity index (χ3v) is 3.33. The Morgan fingerprint density at radius 2 is 2.14 bits per heavy atom. The molecule has 21 heavy (non-hydrogen) atoms. The highest BCUT2D eigenvalue weighted by atomic mass is 16.5. The van der Waals surface area contributed by atoms with Crippen molar-refractivity contribution in [1.29, 1.82) is 0 Å². The largest absolute Gasteiger partial charge is 0.497 e. The summed E-state index contributed by atoms with van der Waals surface area (Å²) in [6.07, 6.45) is 2.10. The maximum absolute atomic E-state index is 5.31. The van der Waals surface area contributed by atoms with Crippen molar-refractivity contribution < 1.29 is 4.74 Å². The van der Waals surface area contributed by atoms with E-state index in [1.54, 1.807) is 7.11 Å². The standard InChI is InChI=1S/C17H25N3O/c1-13(2)10-18-11-16-6-5-7-20(16)12-15-9-17(21-4)8-14(3)19-15/h5-9,13,18H,10-12H2,1-4H3. The van der Waals surface area contributed by atoms with Crippen LogP contribution in [0.2, 0.25) is 0 Å². The Bertz CT molecular complexity index is 575. The van der Waals surface area contributed by atoms with E-state index < -0.39 is 0 Å². The lowest BCUT2D eigenvalue weighted by atomic mass is 10.2. The average molecular weight is 287 g/mol. The van der Waals surface area contributed by atoms with Gasteiger partial charge in [0.1, 0.15) is 5.75 Å². The van der Waals surface area contributed by atoms with Gasteiger partial charge in [-0.2, -0.15) is 0 Å². The lowest BCUT2D eigenvalue weighted by molar-refractivity contribution is 0.412. The summed E-state index contributed by atoms with van der Waals surface area (Å²) in [5.74, 6) is 1.53. The third kappa shape index (κ3) is 4.60. The number of nitrogens with one attached hydrogen (secondary N) is 1. The Balaban J connectivity index is 2.06. The van der Waals surface area contributed by atoms with Gasteiger partial charge in [0.2, 0.25) is 0 Å². The number of hydrogen-bond acceptors (Lipinski definition) is 3. The molecule has 4 nitrogen and oxygen atoms in total. The number of rotatable bonds is 7. The number of ether oxygens (including phenoxy) is 1. The van der Waals surface area contributed by atoms with Crippen molar-refractivity contribution >= 4 is 0 Å². The van der Waals surface area contributed by atoms with Crippen molar-refractivity contribution in [3.63, 3.8) is 0 Å². The summed E-state index contributed by atoms with van der Waals surface area (Å²) in [6.45, 7) is 9.11. The quantitative estimate of drug-likeness (QED) is 0.851. The van der Waals surface area contributed by atoms with Gasteiger partial charge in [-0.05, 0) is 31.5 Å². The number of aromatic nitrogens is 2. The zero-order valence-electron chi connectivity index (χ0n) is 13.4. The van der Waals surface area contributed by atoms with Crippen LogP contribution in [-0.4, -0.2) is 23.2 Å². The molecule has 0 radical (unpaired) electrons. The van der Waals surface area contributed by atoms with Crippen molar-refractivity contribution in [1.82, 2.24) is 14.9 Å². The molecule has 0 unspecified atom stereocenters. The van der Waals surface area contributed by atoms with Gasteiger partial charge in [-0.3, -0.25) is 4.98 Å². The van der Waals surface area contributed by atoms with Gasteiger partial charge in [0.15, 0.2) is 0 Å². The zero-order valence-corrected chi connectivity index (χ0v) is 13.4. The Morgan fingerprint density at radius 3 is 2.86 bits per heavy atom. The molecule has 0 saturated heterocycles. The fraction of sp³-hybridized carbons (Fsp3) is 0.471. The van der Waals surface area contributed by atoms with E-state index in [1.165, 1.54) is 5.69 Å². The SMILES string of the molecule is COc1cc(C)nc(Cn2cccc2CNCC(C)C)c1. The Kier molecular flexibility index (Phi) is 5.39. The number of nitrogens with zero attached hydrogens (tertiary/aromatic N) is 2. The van der Waals surface area contributed by atoms with Gasteiger partial charge in [0.25, 0.3) is 0 Å². The van der Waals surface area contributed by atoms with Crippen LogP contribution in [0, 0.1) is 12.8 Å². The Morgan fingerprint density at radius 1 is 1.33 bits per heavy atom. The lowest BCUT2D eigenvalue weighted by Gasteiger charge is -2.12. The minimum atomic E-state index is 0.663. The van der Waals surface area contributed by atoms with Crippen molar-refractivity contribution in [3.05, 3.63) is 47.5 Å². The molecule has 4 heteroatoms. The molecule has 0 spiro atoms. The molecule has 2 aromatic rings. The van der Waals surface area contributed by atoms with Crippen molar-refractivity contribution in [3.8, 4) is 5.75 Å². The molecular weight excluding hydrogens is 262 g/mol. The summed E-state index contributed by atoms with van der Waals surface area (Å²) in [4.78, 5) is 4.59.